The van der Waals surface area contributed by atoms with E-state index in [0.717, 1.165) is 11.6 Å². The molecular formula is C28H25F4N3O2. The zero-order valence-corrected chi connectivity index (χ0v) is 19.8. The normalized spacial score (nSPS) is 17.2. The van der Waals surface area contributed by atoms with Crippen molar-refractivity contribution in [2.24, 2.45) is 0 Å². The number of alkyl halides is 3. The summed E-state index contributed by atoms with van der Waals surface area (Å²) in [6, 6.07) is 18.2. The minimum absolute atomic E-state index is 0.0431. The lowest BCUT2D eigenvalue weighted by Gasteiger charge is -2.35. The fourth-order valence-corrected chi connectivity index (χ4v) is 4.19. The second-order valence-electron chi connectivity index (χ2n) is 8.63. The first-order chi connectivity index (χ1) is 17.7. The highest BCUT2D eigenvalue weighted by Crippen LogP contribution is 2.37. The van der Waals surface area contributed by atoms with Gasteiger partial charge < -0.3 is 15.1 Å². The molecule has 3 aromatic rings. The summed E-state index contributed by atoms with van der Waals surface area (Å²) in [5.41, 5.74) is 0.494. The second-order valence-corrected chi connectivity index (χ2v) is 8.63. The van der Waals surface area contributed by atoms with Crippen LogP contribution in [0.5, 0.6) is 0 Å². The van der Waals surface area contributed by atoms with E-state index in [1.807, 2.05) is 30.3 Å². The van der Waals surface area contributed by atoms with Gasteiger partial charge in [0, 0.05) is 19.6 Å². The zero-order valence-electron chi connectivity index (χ0n) is 19.8. The smallest absolute Gasteiger partial charge is 0.334 e. The fraction of sp³-hybridized carbons (Fsp3) is 0.214. The van der Waals surface area contributed by atoms with Gasteiger partial charge in [-0.2, -0.15) is 13.2 Å². The van der Waals surface area contributed by atoms with E-state index in [1.54, 1.807) is 6.08 Å². The van der Waals surface area contributed by atoms with Gasteiger partial charge in [-0.15, -0.1) is 0 Å². The van der Waals surface area contributed by atoms with Gasteiger partial charge in [-0.05, 0) is 34.9 Å². The standard InChI is InChI=1S/C28H25F4N3O2/c29-22-14-12-21(13-15-22)18-35-25(23-9-4-5-10-24(23)28(30,31)32)11-6-16-34(19-26(35)36)27(37)33-17-20-7-2-1-3-8-20/h1-15,25H,16-19H2,(H,33,37)/b11-6-. The summed E-state index contributed by atoms with van der Waals surface area (Å²) in [6.45, 7) is -0.104. The maximum atomic E-state index is 13.8. The summed E-state index contributed by atoms with van der Waals surface area (Å²) in [6.07, 6.45) is -1.53. The van der Waals surface area contributed by atoms with Gasteiger partial charge in [0.25, 0.3) is 0 Å². The van der Waals surface area contributed by atoms with Crippen LogP contribution in [-0.4, -0.2) is 34.8 Å². The summed E-state index contributed by atoms with van der Waals surface area (Å²) in [7, 11) is 0. The number of carbonyl (C=O) groups is 2. The number of nitrogens with one attached hydrogen (secondary N) is 1. The van der Waals surface area contributed by atoms with Gasteiger partial charge in [0.2, 0.25) is 5.91 Å². The molecule has 1 heterocycles. The Morgan fingerprint density at radius 3 is 2.30 bits per heavy atom. The summed E-state index contributed by atoms with van der Waals surface area (Å²) in [5.74, 6) is -1.01. The van der Waals surface area contributed by atoms with Gasteiger partial charge in [-0.3, -0.25) is 4.79 Å². The lowest BCUT2D eigenvalue weighted by Crippen LogP contribution is -2.48. The molecule has 1 aliphatic rings. The molecule has 0 saturated carbocycles. The number of rotatable bonds is 5. The first kappa shape index (κ1) is 25.9. The largest absolute Gasteiger partial charge is 0.416 e. The van der Waals surface area contributed by atoms with Gasteiger partial charge in [-0.25, -0.2) is 9.18 Å². The SMILES string of the molecule is O=C(NCc1ccccc1)N1C/C=C\C(c2ccccc2C(F)(F)F)N(Cc2ccc(F)cc2)C(=O)C1. The molecule has 1 aliphatic heterocycles. The van der Waals surface area contributed by atoms with Crippen molar-refractivity contribution < 1.29 is 27.2 Å². The molecule has 1 atom stereocenters. The Morgan fingerprint density at radius 1 is 0.919 bits per heavy atom. The molecule has 0 radical (unpaired) electrons. The van der Waals surface area contributed by atoms with Gasteiger partial charge >= 0.3 is 12.2 Å². The lowest BCUT2D eigenvalue weighted by molar-refractivity contribution is -0.141. The molecule has 5 nitrogen and oxygen atoms in total. The van der Waals surface area contributed by atoms with Crippen LogP contribution in [0.2, 0.25) is 0 Å². The average Bonchev–Trinajstić information content (AvgIpc) is 2.88. The van der Waals surface area contributed by atoms with Gasteiger partial charge in [0.15, 0.2) is 0 Å². The summed E-state index contributed by atoms with van der Waals surface area (Å²) in [5, 5.41) is 2.77. The monoisotopic (exact) mass is 511 g/mol. The molecule has 0 fully saturated rings. The van der Waals surface area contributed by atoms with Crippen LogP contribution in [0, 0.1) is 5.82 Å². The third kappa shape index (κ3) is 6.55. The van der Waals surface area contributed by atoms with Crippen LogP contribution in [0.25, 0.3) is 0 Å². The molecular weight excluding hydrogens is 486 g/mol. The number of halogens is 4. The van der Waals surface area contributed by atoms with Crippen molar-refractivity contribution in [2.75, 3.05) is 13.1 Å². The number of hydrogen-bond donors (Lipinski definition) is 1. The van der Waals surface area contributed by atoms with E-state index in [0.29, 0.717) is 5.56 Å². The Balaban J connectivity index is 1.64. The van der Waals surface area contributed by atoms with Gasteiger partial charge in [0.05, 0.1) is 11.6 Å². The highest BCUT2D eigenvalue weighted by Gasteiger charge is 2.37. The summed E-state index contributed by atoms with van der Waals surface area (Å²) < 4.78 is 55.0. The Morgan fingerprint density at radius 2 is 1.59 bits per heavy atom. The van der Waals surface area contributed by atoms with Crippen LogP contribution in [0.4, 0.5) is 22.4 Å². The zero-order chi connectivity index (χ0) is 26.4. The van der Waals surface area contributed by atoms with Gasteiger partial charge in [-0.1, -0.05) is 72.8 Å². The number of urea groups is 1. The Labute approximate surface area is 212 Å². The molecule has 0 spiro atoms. The molecule has 3 amide bonds. The first-order valence-corrected chi connectivity index (χ1v) is 11.7. The fourth-order valence-electron chi connectivity index (χ4n) is 4.19. The molecule has 1 unspecified atom stereocenters. The van der Waals surface area contributed by atoms with Crippen molar-refractivity contribution in [3.8, 4) is 0 Å². The topological polar surface area (TPSA) is 52.7 Å². The summed E-state index contributed by atoms with van der Waals surface area (Å²) in [4.78, 5) is 28.9. The van der Waals surface area contributed by atoms with Crippen LogP contribution in [0.1, 0.15) is 28.3 Å². The molecule has 192 valence electrons. The van der Waals surface area contributed by atoms with Crippen LogP contribution in [0.3, 0.4) is 0 Å². The molecule has 1 N–H and O–H groups in total. The number of amides is 3. The second kappa shape index (κ2) is 11.3. The highest BCUT2D eigenvalue weighted by atomic mass is 19.4. The molecule has 0 bridgehead atoms. The average molecular weight is 512 g/mol. The first-order valence-electron chi connectivity index (χ1n) is 11.7. The quantitative estimate of drug-likeness (QED) is 0.353. The molecule has 4 rings (SSSR count). The number of carbonyl (C=O) groups excluding carboxylic acids is 2. The van der Waals surface area contributed by atoms with E-state index in [-0.39, 0.29) is 31.7 Å². The maximum absolute atomic E-state index is 13.8. The maximum Gasteiger partial charge on any atom is 0.416 e. The van der Waals surface area contributed by atoms with Crippen LogP contribution < -0.4 is 5.32 Å². The van der Waals surface area contributed by atoms with E-state index in [1.165, 1.54) is 58.3 Å². The Kier molecular flexibility index (Phi) is 7.91. The number of nitrogens with zero attached hydrogens (tertiary/aromatic N) is 2. The van der Waals surface area contributed by atoms with Crippen LogP contribution >= 0.6 is 0 Å². The van der Waals surface area contributed by atoms with Crippen LogP contribution in [0.15, 0.2) is 91.0 Å². The van der Waals surface area contributed by atoms with E-state index in [9.17, 15) is 27.2 Å². The van der Waals surface area contributed by atoms with Crippen molar-refractivity contribution in [3.05, 3.63) is 119 Å². The van der Waals surface area contributed by atoms with Gasteiger partial charge in [0.1, 0.15) is 12.4 Å². The van der Waals surface area contributed by atoms with Crippen molar-refractivity contribution in [3.63, 3.8) is 0 Å². The molecule has 0 saturated heterocycles. The third-order valence-corrected chi connectivity index (χ3v) is 6.05. The van der Waals surface area contributed by atoms with E-state index < -0.39 is 35.5 Å². The Bertz CT molecular complexity index is 1260. The van der Waals surface area contributed by atoms with Crippen molar-refractivity contribution in [1.82, 2.24) is 15.1 Å². The van der Waals surface area contributed by atoms with Crippen molar-refractivity contribution in [2.45, 2.75) is 25.3 Å². The van der Waals surface area contributed by atoms with Crippen molar-refractivity contribution >= 4 is 11.9 Å². The van der Waals surface area contributed by atoms with Crippen LogP contribution in [-0.2, 0) is 24.1 Å². The van der Waals surface area contributed by atoms with E-state index >= 15 is 0 Å². The third-order valence-electron chi connectivity index (χ3n) is 6.05. The molecule has 0 aromatic heterocycles. The molecule has 0 aliphatic carbocycles. The van der Waals surface area contributed by atoms with E-state index in [2.05, 4.69) is 5.32 Å². The summed E-state index contributed by atoms with van der Waals surface area (Å²) >= 11 is 0. The molecule has 3 aromatic carbocycles. The predicted molar refractivity (Wildman–Crippen MR) is 131 cm³/mol. The number of hydrogen-bond acceptors (Lipinski definition) is 2. The van der Waals surface area contributed by atoms with Crippen molar-refractivity contribution in [1.29, 1.82) is 0 Å². The minimum Gasteiger partial charge on any atom is -0.334 e. The van der Waals surface area contributed by atoms with E-state index in [4.69, 9.17) is 0 Å². The lowest BCUT2D eigenvalue weighted by atomic mass is 9.96. The molecule has 37 heavy (non-hydrogen) atoms. The minimum atomic E-state index is -4.62. The predicted octanol–water partition coefficient (Wildman–Crippen LogP) is 5.70. The highest BCUT2D eigenvalue weighted by molar-refractivity contribution is 5.85. The Hall–Kier alpha value is -4.14. The number of benzene rings is 3. The molecule has 9 heteroatoms.